The van der Waals surface area contributed by atoms with Gasteiger partial charge in [0.2, 0.25) is 0 Å². The lowest BCUT2D eigenvalue weighted by atomic mass is 10.2. The van der Waals surface area contributed by atoms with Crippen LogP contribution in [0.2, 0.25) is 5.15 Å². The van der Waals surface area contributed by atoms with Gasteiger partial charge in [-0.05, 0) is 24.3 Å². The average Bonchev–Trinajstić information content (AvgIpc) is 2.39. The monoisotopic (exact) mass is 259 g/mol. The zero-order valence-electron chi connectivity index (χ0n) is 9.64. The number of methoxy groups -OCH3 is 1. The normalized spacial score (nSPS) is 9.61. The van der Waals surface area contributed by atoms with E-state index in [4.69, 9.17) is 21.6 Å². The van der Waals surface area contributed by atoms with Crippen LogP contribution in [0.5, 0.6) is 5.75 Å². The molecule has 4 nitrogen and oxygen atoms in total. The van der Waals surface area contributed by atoms with Crippen LogP contribution in [0.4, 0.5) is 11.5 Å². The van der Waals surface area contributed by atoms with Crippen LogP contribution in [0.1, 0.15) is 5.56 Å². The molecule has 0 bridgehead atoms. The third-order valence-electron chi connectivity index (χ3n) is 2.33. The molecule has 1 aromatic heterocycles. The number of aromatic nitrogens is 1. The van der Waals surface area contributed by atoms with Crippen molar-refractivity contribution in [3.8, 4) is 11.8 Å². The first-order valence-corrected chi connectivity index (χ1v) is 5.59. The van der Waals surface area contributed by atoms with Gasteiger partial charge in [-0.2, -0.15) is 5.26 Å². The Balaban J connectivity index is 2.42. The Morgan fingerprint density at radius 1 is 1.28 bits per heavy atom. The molecule has 0 saturated heterocycles. The van der Waals surface area contributed by atoms with Crippen molar-refractivity contribution >= 4 is 23.1 Å². The van der Waals surface area contributed by atoms with Gasteiger partial charge in [0.15, 0.2) is 0 Å². The minimum atomic E-state index is 0.383. The SMILES string of the molecule is COc1cccc(C#N)c1Nc1cccc(Cl)n1. The molecule has 5 heteroatoms. The Hall–Kier alpha value is -2.25. The van der Waals surface area contributed by atoms with Gasteiger partial charge >= 0.3 is 0 Å². The Kier molecular flexibility index (Phi) is 3.66. The van der Waals surface area contributed by atoms with E-state index in [0.717, 1.165) is 0 Å². The molecule has 0 amide bonds. The van der Waals surface area contributed by atoms with Crippen LogP contribution in [0.15, 0.2) is 36.4 Å². The number of nitriles is 1. The van der Waals surface area contributed by atoms with Crippen LogP contribution < -0.4 is 10.1 Å². The zero-order chi connectivity index (χ0) is 13.0. The van der Waals surface area contributed by atoms with E-state index >= 15 is 0 Å². The van der Waals surface area contributed by atoms with E-state index in [1.165, 1.54) is 0 Å². The molecule has 0 radical (unpaired) electrons. The van der Waals surface area contributed by atoms with Gasteiger partial charge in [0.1, 0.15) is 28.5 Å². The number of hydrogen-bond acceptors (Lipinski definition) is 4. The van der Waals surface area contributed by atoms with Crippen LogP contribution in [0.25, 0.3) is 0 Å². The summed E-state index contributed by atoms with van der Waals surface area (Å²) in [5, 5.41) is 12.5. The second-order valence-corrected chi connectivity index (χ2v) is 3.85. The number of halogens is 1. The molecule has 90 valence electrons. The lowest BCUT2D eigenvalue weighted by Gasteiger charge is -2.11. The van der Waals surface area contributed by atoms with Gasteiger partial charge in [-0.1, -0.05) is 23.7 Å². The quantitative estimate of drug-likeness (QED) is 0.859. The highest BCUT2D eigenvalue weighted by Crippen LogP contribution is 2.30. The van der Waals surface area contributed by atoms with E-state index in [9.17, 15) is 0 Å². The maximum atomic E-state index is 9.08. The summed E-state index contributed by atoms with van der Waals surface area (Å²) >= 11 is 5.81. The van der Waals surface area contributed by atoms with Crippen molar-refractivity contribution in [2.45, 2.75) is 0 Å². The van der Waals surface area contributed by atoms with Gasteiger partial charge in [-0.3, -0.25) is 0 Å². The van der Waals surface area contributed by atoms with Crippen LogP contribution in [-0.2, 0) is 0 Å². The van der Waals surface area contributed by atoms with Gasteiger partial charge in [-0.15, -0.1) is 0 Å². The molecule has 18 heavy (non-hydrogen) atoms. The fraction of sp³-hybridized carbons (Fsp3) is 0.0769. The standard InChI is InChI=1S/C13H10ClN3O/c1-18-10-5-2-4-9(8-15)13(10)17-12-7-3-6-11(14)16-12/h2-7H,1H3,(H,16,17). The predicted octanol–water partition coefficient (Wildman–Crippen LogP) is 3.36. The first-order valence-electron chi connectivity index (χ1n) is 5.21. The lowest BCUT2D eigenvalue weighted by molar-refractivity contribution is 0.416. The summed E-state index contributed by atoms with van der Waals surface area (Å²) in [7, 11) is 1.55. The Morgan fingerprint density at radius 3 is 2.72 bits per heavy atom. The predicted molar refractivity (Wildman–Crippen MR) is 70.2 cm³/mol. The lowest BCUT2D eigenvalue weighted by Crippen LogP contribution is -1.99. The number of nitrogens with zero attached hydrogens (tertiary/aromatic N) is 2. The number of ether oxygens (including phenoxy) is 1. The van der Waals surface area contributed by atoms with E-state index in [2.05, 4.69) is 16.4 Å². The highest BCUT2D eigenvalue weighted by atomic mass is 35.5. The fourth-order valence-electron chi connectivity index (χ4n) is 1.53. The molecule has 0 aliphatic heterocycles. The summed E-state index contributed by atoms with van der Waals surface area (Å²) < 4.78 is 5.22. The molecule has 1 N–H and O–H groups in total. The summed E-state index contributed by atoms with van der Waals surface area (Å²) in [4.78, 5) is 4.11. The van der Waals surface area contributed by atoms with Crippen LogP contribution in [0, 0.1) is 11.3 Å². The number of hydrogen-bond donors (Lipinski definition) is 1. The molecular weight excluding hydrogens is 250 g/mol. The van der Waals surface area contributed by atoms with E-state index in [0.29, 0.717) is 28.0 Å². The molecule has 0 unspecified atom stereocenters. The molecule has 2 aromatic rings. The zero-order valence-corrected chi connectivity index (χ0v) is 10.4. The molecule has 0 fully saturated rings. The minimum absolute atomic E-state index is 0.383. The van der Waals surface area contributed by atoms with Crippen molar-refractivity contribution in [3.63, 3.8) is 0 Å². The number of para-hydroxylation sites is 1. The fourth-order valence-corrected chi connectivity index (χ4v) is 1.69. The van der Waals surface area contributed by atoms with Crippen LogP contribution >= 0.6 is 11.6 Å². The van der Waals surface area contributed by atoms with Gasteiger partial charge in [-0.25, -0.2) is 4.98 Å². The molecule has 0 atom stereocenters. The maximum absolute atomic E-state index is 9.08. The first-order chi connectivity index (χ1) is 8.74. The van der Waals surface area contributed by atoms with E-state index in [1.54, 1.807) is 43.5 Å². The average molecular weight is 260 g/mol. The summed E-state index contributed by atoms with van der Waals surface area (Å²) in [5.74, 6) is 1.14. The molecule has 0 saturated carbocycles. The topological polar surface area (TPSA) is 57.9 Å². The molecule has 1 aromatic carbocycles. The van der Waals surface area contributed by atoms with Crippen LogP contribution in [-0.4, -0.2) is 12.1 Å². The first kappa shape index (κ1) is 12.2. The number of pyridine rings is 1. The maximum Gasteiger partial charge on any atom is 0.143 e. The summed E-state index contributed by atoms with van der Waals surface area (Å²) in [6.45, 7) is 0. The molecule has 2 rings (SSSR count). The van der Waals surface area contributed by atoms with E-state index in [1.807, 2.05) is 0 Å². The minimum Gasteiger partial charge on any atom is -0.495 e. The van der Waals surface area contributed by atoms with Crippen molar-refractivity contribution in [1.82, 2.24) is 4.98 Å². The third kappa shape index (κ3) is 2.53. The Morgan fingerprint density at radius 2 is 2.06 bits per heavy atom. The summed E-state index contributed by atoms with van der Waals surface area (Å²) in [6.07, 6.45) is 0. The van der Waals surface area contributed by atoms with E-state index < -0.39 is 0 Å². The second-order valence-electron chi connectivity index (χ2n) is 3.47. The largest absolute Gasteiger partial charge is 0.495 e. The van der Waals surface area contributed by atoms with Gasteiger partial charge in [0.05, 0.1) is 12.7 Å². The van der Waals surface area contributed by atoms with Gasteiger partial charge in [0.25, 0.3) is 0 Å². The van der Waals surface area contributed by atoms with Gasteiger partial charge in [0, 0.05) is 0 Å². The highest BCUT2D eigenvalue weighted by Gasteiger charge is 2.09. The highest BCUT2D eigenvalue weighted by molar-refractivity contribution is 6.29. The van der Waals surface area contributed by atoms with Gasteiger partial charge < -0.3 is 10.1 Å². The van der Waals surface area contributed by atoms with Crippen LogP contribution in [0.3, 0.4) is 0 Å². The molecule has 0 aliphatic carbocycles. The second kappa shape index (κ2) is 5.39. The number of benzene rings is 1. The van der Waals surface area contributed by atoms with Crippen molar-refractivity contribution in [1.29, 1.82) is 5.26 Å². The molecule has 1 heterocycles. The van der Waals surface area contributed by atoms with Crippen molar-refractivity contribution in [2.75, 3.05) is 12.4 Å². The summed E-state index contributed by atoms with van der Waals surface area (Å²) in [5.41, 5.74) is 1.06. The number of rotatable bonds is 3. The number of nitrogens with one attached hydrogen (secondary N) is 1. The number of anilines is 2. The third-order valence-corrected chi connectivity index (χ3v) is 2.55. The molecule has 0 aliphatic rings. The van der Waals surface area contributed by atoms with E-state index in [-0.39, 0.29) is 0 Å². The summed E-state index contributed by atoms with van der Waals surface area (Å²) in [6, 6.07) is 12.6. The molecule has 0 spiro atoms. The van der Waals surface area contributed by atoms with Crippen molar-refractivity contribution < 1.29 is 4.74 Å². The van der Waals surface area contributed by atoms with Crippen molar-refractivity contribution in [2.24, 2.45) is 0 Å². The Labute approximate surface area is 110 Å². The molecular formula is C13H10ClN3O. The Bertz CT molecular complexity index is 607. The smallest absolute Gasteiger partial charge is 0.143 e. The van der Waals surface area contributed by atoms with Crippen molar-refractivity contribution in [3.05, 3.63) is 47.1 Å².